The van der Waals surface area contributed by atoms with Crippen molar-refractivity contribution >= 4 is 5.78 Å². The van der Waals surface area contributed by atoms with Gasteiger partial charge in [-0.25, -0.2) is 0 Å². The lowest BCUT2D eigenvalue weighted by molar-refractivity contribution is -0.115. The molecule has 14 heavy (non-hydrogen) atoms. The third-order valence-corrected chi connectivity index (χ3v) is 2.43. The average molecular weight is 190 g/mol. The molecule has 0 aromatic heterocycles. The predicted octanol–water partition coefficient (Wildman–Crippen LogP) is 3.58. The number of carbonyl (C=O) groups excluding carboxylic acids is 1. The average Bonchev–Trinajstić information content (AvgIpc) is 2.18. The van der Waals surface area contributed by atoms with Gasteiger partial charge in [0.1, 0.15) is 0 Å². The lowest BCUT2D eigenvalue weighted by Crippen LogP contribution is -2.02. The lowest BCUT2D eigenvalue weighted by Gasteiger charge is -2.10. The van der Waals surface area contributed by atoms with Crippen LogP contribution in [0.25, 0.3) is 0 Å². The lowest BCUT2D eigenvalue weighted by atomic mass is 9.95. The summed E-state index contributed by atoms with van der Waals surface area (Å²) in [6.45, 7) is 3.62. The number of ketones is 1. The summed E-state index contributed by atoms with van der Waals surface area (Å²) in [5.74, 6) is 0.313. The van der Waals surface area contributed by atoms with Gasteiger partial charge >= 0.3 is 0 Å². The van der Waals surface area contributed by atoms with Crippen LogP contribution in [0.15, 0.2) is 36.5 Å². The first-order valence-corrected chi connectivity index (χ1v) is 5.33. The number of hydrogen-bond donors (Lipinski definition) is 0. The van der Waals surface area contributed by atoms with Crippen LogP contribution in [-0.4, -0.2) is 5.78 Å². The first-order valence-electron chi connectivity index (χ1n) is 5.33. The minimum absolute atomic E-state index is 0.313. The summed E-state index contributed by atoms with van der Waals surface area (Å²) in [6.07, 6.45) is 14.0. The van der Waals surface area contributed by atoms with E-state index < -0.39 is 0 Å². The molecular weight excluding hydrogens is 172 g/mol. The van der Waals surface area contributed by atoms with E-state index in [0.717, 1.165) is 38.5 Å². The van der Waals surface area contributed by atoms with Gasteiger partial charge in [-0.3, -0.25) is 4.79 Å². The van der Waals surface area contributed by atoms with Crippen molar-refractivity contribution in [1.29, 1.82) is 0 Å². The second-order valence-electron chi connectivity index (χ2n) is 3.68. The van der Waals surface area contributed by atoms with Crippen LogP contribution < -0.4 is 0 Å². The fraction of sp³-hybridized carbons (Fsp3) is 0.462. The van der Waals surface area contributed by atoms with Crippen molar-refractivity contribution in [2.24, 2.45) is 0 Å². The van der Waals surface area contributed by atoms with Crippen LogP contribution in [0.1, 0.15) is 38.5 Å². The van der Waals surface area contributed by atoms with E-state index in [4.69, 9.17) is 0 Å². The van der Waals surface area contributed by atoms with Crippen molar-refractivity contribution in [3.63, 3.8) is 0 Å². The summed E-state index contributed by atoms with van der Waals surface area (Å²) in [4.78, 5) is 11.1. The highest BCUT2D eigenvalue weighted by Crippen LogP contribution is 2.20. The largest absolute Gasteiger partial charge is 0.295 e. The Balaban J connectivity index is 2.20. The predicted molar refractivity (Wildman–Crippen MR) is 60.1 cm³/mol. The van der Waals surface area contributed by atoms with Crippen LogP contribution in [-0.2, 0) is 4.79 Å². The highest BCUT2D eigenvalue weighted by Gasteiger charge is 2.08. The van der Waals surface area contributed by atoms with Crippen molar-refractivity contribution in [3.05, 3.63) is 36.5 Å². The molecule has 0 saturated carbocycles. The Morgan fingerprint density at radius 2 is 2.29 bits per heavy atom. The number of rotatable bonds is 5. The van der Waals surface area contributed by atoms with E-state index in [0.29, 0.717) is 5.78 Å². The third kappa shape index (κ3) is 4.22. The topological polar surface area (TPSA) is 17.1 Å². The molecule has 1 heteroatoms. The Kier molecular flexibility index (Phi) is 4.98. The summed E-state index contributed by atoms with van der Waals surface area (Å²) >= 11 is 0. The maximum Gasteiger partial charge on any atom is 0.155 e. The Hall–Kier alpha value is -1.11. The molecule has 0 unspecified atom stereocenters. The van der Waals surface area contributed by atoms with Crippen LogP contribution in [0.5, 0.6) is 0 Å². The van der Waals surface area contributed by atoms with E-state index in [1.54, 1.807) is 6.08 Å². The maximum absolute atomic E-state index is 11.1. The fourth-order valence-corrected chi connectivity index (χ4v) is 1.70. The van der Waals surface area contributed by atoms with E-state index >= 15 is 0 Å². The van der Waals surface area contributed by atoms with Crippen molar-refractivity contribution in [3.8, 4) is 0 Å². The molecule has 0 amide bonds. The SMILES string of the molecule is C=C/C=C/CCCC1=CC(=O)CCC1. The van der Waals surface area contributed by atoms with Crippen molar-refractivity contribution in [1.82, 2.24) is 0 Å². The zero-order valence-electron chi connectivity index (χ0n) is 8.67. The van der Waals surface area contributed by atoms with Crippen LogP contribution in [0.4, 0.5) is 0 Å². The summed E-state index contributed by atoms with van der Waals surface area (Å²) in [6, 6.07) is 0. The minimum atomic E-state index is 0.313. The third-order valence-electron chi connectivity index (χ3n) is 2.43. The molecule has 76 valence electrons. The first-order chi connectivity index (χ1) is 6.83. The summed E-state index contributed by atoms with van der Waals surface area (Å²) in [5.41, 5.74) is 1.34. The van der Waals surface area contributed by atoms with Gasteiger partial charge < -0.3 is 0 Å². The van der Waals surface area contributed by atoms with Crippen LogP contribution in [0.2, 0.25) is 0 Å². The summed E-state index contributed by atoms with van der Waals surface area (Å²) in [7, 11) is 0. The number of carbonyl (C=O) groups is 1. The molecule has 0 aliphatic heterocycles. The molecule has 0 aromatic carbocycles. The minimum Gasteiger partial charge on any atom is -0.295 e. The molecule has 0 spiro atoms. The molecule has 0 radical (unpaired) electrons. The van der Waals surface area contributed by atoms with Gasteiger partial charge in [-0.05, 0) is 38.2 Å². The van der Waals surface area contributed by atoms with Crippen LogP contribution >= 0.6 is 0 Å². The number of hydrogen-bond acceptors (Lipinski definition) is 1. The normalized spacial score (nSPS) is 17.1. The number of allylic oxidation sites excluding steroid dienone is 5. The van der Waals surface area contributed by atoms with Crippen LogP contribution in [0.3, 0.4) is 0 Å². The molecular formula is C13H18O. The van der Waals surface area contributed by atoms with Crippen molar-refractivity contribution in [2.45, 2.75) is 38.5 Å². The van der Waals surface area contributed by atoms with Crippen molar-refractivity contribution < 1.29 is 4.79 Å². The molecule has 1 aliphatic rings. The van der Waals surface area contributed by atoms with Gasteiger partial charge in [-0.1, -0.05) is 30.4 Å². The van der Waals surface area contributed by atoms with Gasteiger partial charge in [0.25, 0.3) is 0 Å². The maximum atomic E-state index is 11.1. The van der Waals surface area contributed by atoms with E-state index in [1.807, 2.05) is 12.2 Å². The molecule has 1 nitrogen and oxygen atoms in total. The Bertz CT molecular complexity index is 258. The van der Waals surface area contributed by atoms with E-state index in [2.05, 4.69) is 12.7 Å². The van der Waals surface area contributed by atoms with Gasteiger partial charge in [0.2, 0.25) is 0 Å². The summed E-state index contributed by atoms with van der Waals surface area (Å²) < 4.78 is 0. The molecule has 0 saturated heterocycles. The van der Waals surface area contributed by atoms with Gasteiger partial charge in [-0.15, -0.1) is 0 Å². The second kappa shape index (κ2) is 6.36. The summed E-state index contributed by atoms with van der Waals surface area (Å²) in [5, 5.41) is 0. The quantitative estimate of drug-likeness (QED) is 0.478. The molecule has 0 atom stereocenters. The van der Waals surface area contributed by atoms with E-state index in [9.17, 15) is 4.79 Å². The smallest absolute Gasteiger partial charge is 0.155 e. The molecule has 1 aliphatic carbocycles. The highest BCUT2D eigenvalue weighted by molar-refractivity contribution is 5.91. The molecule has 0 aromatic rings. The molecule has 0 N–H and O–H groups in total. The number of unbranched alkanes of at least 4 members (excludes halogenated alkanes) is 1. The van der Waals surface area contributed by atoms with Gasteiger partial charge in [0, 0.05) is 6.42 Å². The van der Waals surface area contributed by atoms with Gasteiger partial charge in [0.05, 0.1) is 0 Å². The van der Waals surface area contributed by atoms with Gasteiger partial charge in [0.15, 0.2) is 5.78 Å². The first kappa shape index (κ1) is 11.0. The molecule has 0 heterocycles. The fourth-order valence-electron chi connectivity index (χ4n) is 1.70. The van der Waals surface area contributed by atoms with E-state index in [-0.39, 0.29) is 0 Å². The Morgan fingerprint density at radius 3 is 3.00 bits per heavy atom. The van der Waals surface area contributed by atoms with Crippen LogP contribution in [0, 0.1) is 0 Å². The zero-order chi connectivity index (χ0) is 10.2. The molecule has 0 bridgehead atoms. The Morgan fingerprint density at radius 1 is 1.43 bits per heavy atom. The molecule has 1 rings (SSSR count). The molecule has 0 fully saturated rings. The standard InChI is InChI=1S/C13H18O/c1-2-3-4-5-6-8-12-9-7-10-13(14)11-12/h2-4,11H,1,5-10H2/b4-3+. The monoisotopic (exact) mass is 190 g/mol. The zero-order valence-corrected chi connectivity index (χ0v) is 8.67. The van der Waals surface area contributed by atoms with Gasteiger partial charge in [-0.2, -0.15) is 0 Å². The van der Waals surface area contributed by atoms with Crippen molar-refractivity contribution in [2.75, 3.05) is 0 Å². The second-order valence-corrected chi connectivity index (χ2v) is 3.68. The highest BCUT2D eigenvalue weighted by atomic mass is 16.1. The van der Waals surface area contributed by atoms with E-state index in [1.165, 1.54) is 5.57 Å². The Labute approximate surface area is 86.2 Å².